The summed E-state index contributed by atoms with van der Waals surface area (Å²) in [5, 5.41) is 12.8. The molecule has 1 aliphatic rings. The van der Waals surface area contributed by atoms with Gasteiger partial charge in [0.15, 0.2) is 0 Å². The van der Waals surface area contributed by atoms with Crippen molar-refractivity contribution in [2.24, 2.45) is 0 Å². The minimum atomic E-state index is -4.04. The van der Waals surface area contributed by atoms with Gasteiger partial charge >= 0.3 is 6.18 Å². The van der Waals surface area contributed by atoms with E-state index in [1.807, 2.05) is 6.92 Å². The fraction of sp³-hybridized carbons (Fsp3) is 1.00. The number of nitrogens with one attached hydrogen (secondary N) is 1. The van der Waals surface area contributed by atoms with Crippen molar-refractivity contribution in [2.75, 3.05) is 0 Å². The Balaban J connectivity index is 2.13. The predicted octanol–water partition coefficient (Wildman–Crippen LogP) is 3.00. The summed E-state index contributed by atoms with van der Waals surface area (Å²) in [5.74, 6) is 0. The second-order valence-corrected chi connectivity index (χ2v) is 5.09. The first-order valence-electron chi connectivity index (χ1n) is 6.37. The van der Waals surface area contributed by atoms with Gasteiger partial charge < -0.3 is 10.4 Å². The van der Waals surface area contributed by atoms with Gasteiger partial charge in [-0.1, -0.05) is 0 Å². The Morgan fingerprint density at radius 1 is 1.35 bits per heavy atom. The van der Waals surface area contributed by atoms with Crippen LogP contribution in [0.4, 0.5) is 13.2 Å². The van der Waals surface area contributed by atoms with Crippen LogP contribution in [-0.2, 0) is 0 Å². The molecule has 17 heavy (non-hydrogen) atoms. The predicted molar refractivity (Wildman–Crippen MR) is 60.8 cm³/mol. The third-order valence-electron chi connectivity index (χ3n) is 3.26. The lowest BCUT2D eigenvalue weighted by atomic mass is 9.92. The van der Waals surface area contributed by atoms with Crippen molar-refractivity contribution in [1.29, 1.82) is 0 Å². The number of aliphatic hydroxyl groups excluding tert-OH is 1. The van der Waals surface area contributed by atoms with E-state index < -0.39 is 12.6 Å². The van der Waals surface area contributed by atoms with Gasteiger partial charge in [-0.15, -0.1) is 0 Å². The lowest BCUT2D eigenvalue weighted by Crippen LogP contribution is -2.41. The number of rotatable bonds is 5. The molecule has 0 amide bonds. The van der Waals surface area contributed by atoms with Crippen LogP contribution in [0.15, 0.2) is 0 Å². The van der Waals surface area contributed by atoms with E-state index in [9.17, 15) is 18.3 Å². The maximum absolute atomic E-state index is 12.0. The first kappa shape index (κ1) is 14.8. The van der Waals surface area contributed by atoms with E-state index in [4.69, 9.17) is 0 Å². The zero-order valence-corrected chi connectivity index (χ0v) is 10.3. The molecule has 0 radical (unpaired) electrons. The SMILES string of the molecule is CC(CCCC(F)(F)F)NC1CCCC(O)C1. The van der Waals surface area contributed by atoms with Crippen molar-refractivity contribution in [1.82, 2.24) is 5.32 Å². The van der Waals surface area contributed by atoms with E-state index in [-0.39, 0.29) is 24.6 Å². The van der Waals surface area contributed by atoms with Crippen LogP contribution >= 0.6 is 0 Å². The zero-order valence-electron chi connectivity index (χ0n) is 10.3. The third kappa shape index (κ3) is 6.88. The first-order valence-corrected chi connectivity index (χ1v) is 6.37. The molecule has 1 rings (SSSR count). The van der Waals surface area contributed by atoms with Gasteiger partial charge in [0.25, 0.3) is 0 Å². The smallest absolute Gasteiger partial charge is 0.389 e. The second-order valence-electron chi connectivity index (χ2n) is 5.09. The molecule has 3 unspecified atom stereocenters. The molecular weight excluding hydrogens is 231 g/mol. The highest BCUT2D eigenvalue weighted by molar-refractivity contribution is 4.79. The van der Waals surface area contributed by atoms with Gasteiger partial charge in [0, 0.05) is 18.5 Å². The molecule has 0 aromatic rings. The molecule has 3 atom stereocenters. The molecule has 1 saturated carbocycles. The zero-order chi connectivity index (χ0) is 12.9. The molecule has 0 bridgehead atoms. The van der Waals surface area contributed by atoms with Crippen molar-refractivity contribution in [3.63, 3.8) is 0 Å². The first-order chi connectivity index (χ1) is 7.87. The highest BCUT2D eigenvalue weighted by Crippen LogP contribution is 2.23. The molecule has 5 heteroatoms. The number of alkyl halides is 3. The maximum atomic E-state index is 12.0. The van der Waals surface area contributed by atoms with E-state index in [0.29, 0.717) is 6.42 Å². The van der Waals surface area contributed by atoms with Crippen LogP contribution in [0.2, 0.25) is 0 Å². The summed E-state index contributed by atoms with van der Waals surface area (Å²) in [5.41, 5.74) is 0. The van der Waals surface area contributed by atoms with Gasteiger partial charge in [-0.2, -0.15) is 13.2 Å². The summed E-state index contributed by atoms with van der Waals surface area (Å²) in [7, 11) is 0. The van der Waals surface area contributed by atoms with Crippen molar-refractivity contribution >= 4 is 0 Å². The van der Waals surface area contributed by atoms with Crippen molar-refractivity contribution < 1.29 is 18.3 Å². The van der Waals surface area contributed by atoms with Gasteiger partial charge in [0.1, 0.15) is 0 Å². The number of halogens is 3. The molecular formula is C12H22F3NO. The lowest BCUT2D eigenvalue weighted by Gasteiger charge is -2.29. The minimum absolute atomic E-state index is 0.0904. The van der Waals surface area contributed by atoms with E-state index in [1.54, 1.807) is 0 Å². The summed E-state index contributed by atoms with van der Waals surface area (Å²) in [6, 6.07) is 0.354. The molecule has 102 valence electrons. The summed E-state index contributed by atoms with van der Waals surface area (Å²) >= 11 is 0. The van der Waals surface area contributed by atoms with Crippen LogP contribution < -0.4 is 5.32 Å². The van der Waals surface area contributed by atoms with Crippen LogP contribution in [0.1, 0.15) is 51.9 Å². The third-order valence-corrected chi connectivity index (χ3v) is 3.26. The Morgan fingerprint density at radius 2 is 2.06 bits per heavy atom. The number of hydrogen-bond donors (Lipinski definition) is 2. The molecule has 2 nitrogen and oxygen atoms in total. The second kappa shape index (κ2) is 6.59. The van der Waals surface area contributed by atoms with Crippen LogP contribution in [0.3, 0.4) is 0 Å². The molecule has 0 aliphatic heterocycles. The summed E-state index contributed by atoms with van der Waals surface area (Å²) < 4.78 is 35.9. The molecule has 1 aliphatic carbocycles. The minimum Gasteiger partial charge on any atom is -0.393 e. The Bertz CT molecular complexity index is 220. The standard InChI is InChI=1S/C12H22F3NO/c1-9(4-3-7-12(13,14)15)16-10-5-2-6-11(17)8-10/h9-11,16-17H,2-8H2,1H3. The highest BCUT2D eigenvalue weighted by Gasteiger charge is 2.27. The maximum Gasteiger partial charge on any atom is 0.389 e. The van der Waals surface area contributed by atoms with E-state index in [1.165, 1.54) is 0 Å². The number of hydrogen-bond acceptors (Lipinski definition) is 2. The topological polar surface area (TPSA) is 32.3 Å². The lowest BCUT2D eigenvalue weighted by molar-refractivity contribution is -0.135. The molecule has 0 heterocycles. The monoisotopic (exact) mass is 253 g/mol. The average Bonchev–Trinajstić information content (AvgIpc) is 2.15. The van der Waals surface area contributed by atoms with E-state index >= 15 is 0 Å². The van der Waals surface area contributed by atoms with Crippen molar-refractivity contribution in [3.8, 4) is 0 Å². The van der Waals surface area contributed by atoms with Gasteiger partial charge in [0.05, 0.1) is 6.10 Å². The molecule has 0 spiro atoms. The Kier molecular flexibility index (Phi) is 5.73. The Hall–Kier alpha value is -0.290. The fourth-order valence-corrected chi connectivity index (χ4v) is 2.41. The van der Waals surface area contributed by atoms with Crippen molar-refractivity contribution in [3.05, 3.63) is 0 Å². The van der Waals surface area contributed by atoms with E-state index in [2.05, 4.69) is 5.32 Å². The fourth-order valence-electron chi connectivity index (χ4n) is 2.41. The molecule has 0 aromatic heterocycles. The Labute approximate surface area is 101 Å². The summed E-state index contributed by atoms with van der Waals surface area (Å²) in [6.45, 7) is 1.91. The van der Waals surface area contributed by atoms with Gasteiger partial charge in [-0.25, -0.2) is 0 Å². The normalized spacial score (nSPS) is 28.1. The average molecular weight is 253 g/mol. The molecule has 0 saturated heterocycles. The van der Waals surface area contributed by atoms with E-state index in [0.717, 1.165) is 25.7 Å². The van der Waals surface area contributed by atoms with Crippen LogP contribution in [-0.4, -0.2) is 29.5 Å². The largest absolute Gasteiger partial charge is 0.393 e. The summed E-state index contributed by atoms with van der Waals surface area (Å²) in [4.78, 5) is 0. The van der Waals surface area contributed by atoms with Crippen molar-refractivity contribution in [2.45, 2.75) is 76.2 Å². The van der Waals surface area contributed by atoms with Gasteiger partial charge in [-0.3, -0.25) is 0 Å². The van der Waals surface area contributed by atoms with Crippen LogP contribution in [0, 0.1) is 0 Å². The van der Waals surface area contributed by atoms with Crippen LogP contribution in [0.5, 0.6) is 0 Å². The molecule has 0 aromatic carbocycles. The van der Waals surface area contributed by atoms with Gasteiger partial charge in [0.2, 0.25) is 0 Å². The highest BCUT2D eigenvalue weighted by atomic mass is 19.4. The Morgan fingerprint density at radius 3 is 2.65 bits per heavy atom. The molecule has 1 fully saturated rings. The quantitative estimate of drug-likeness (QED) is 0.789. The summed E-state index contributed by atoms with van der Waals surface area (Å²) in [6.07, 6.45) is -0.700. The van der Waals surface area contributed by atoms with Gasteiger partial charge in [-0.05, 0) is 45.4 Å². The molecule has 2 N–H and O–H groups in total. The van der Waals surface area contributed by atoms with Crippen LogP contribution in [0.25, 0.3) is 0 Å². The number of aliphatic hydroxyl groups is 1.